The van der Waals surface area contributed by atoms with Crippen LogP contribution in [0.2, 0.25) is 0 Å². The van der Waals surface area contributed by atoms with E-state index >= 15 is 4.39 Å². The number of thiophene rings is 1. The van der Waals surface area contributed by atoms with Crippen LogP contribution in [0.25, 0.3) is 11.1 Å². The van der Waals surface area contributed by atoms with Crippen LogP contribution in [0.4, 0.5) is 21.6 Å². The number of benzene rings is 1. The Hall–Kier alpha value is -3.86. The number of aryl methyl sites for hydroxylation is 2. The number of pyridine rings is 2. The van der Waals surface area contributed by atoms with Crippen LogP contribution >= 0.6 is 11.3 Å². The molecule has 0 radical (unpaired) electrons. The zero-order valence-electron chi connectivity index (χ0n) is 24.4. The van der Waals surface area contributed by atoms with Crippen molar-refractivity contribution in [2.24, 2.45) is 7.05 Å². The SMILES string of the molecule is CN1CCc2nc(Nc3cc(-c4cc(F)cc(N5CCc6c(sc7c6CCCC7)C5=O)c4CO)cn(C)c3=O)ccc2C1. The Balaban J connectivity index is 1.26. The lowest BCUT2D eigenvalue weighted by Crippen LogP contribution is -2.37. The molecule has 1 aliphatic carbocycles. The van der Waals surface area contributed by atoms with Gasteiger partial charge in [0.1, 0.15) is 17.3 Å². The monoisotopic (exact) mass is 599 g/mol. The topological polar surface area (TPSA) is 90.7 Å². The Morgan fingerprint density at radius 1 is 1.02 bits per heavy atom. The summed E-state index contributed by atoms with van der Waals surface area (Å²) in [4.78, 5) is 37.6. The molecular weight excluding hydrogens is 565 g/mol. The van der Waals surface area contributed by atoms with Gasteiger partial charge in [-0.25, -0.2) is 9.37 Å². The minimum absolute atomic E-state index is 0.139. The van der Waals surface area contributed by atoms with Crippen LogP contribution in [0.5, 0.6) is 0 Å². The zero-order valence-corrected chi connectivity index (χ0v) is 25.2. The van der Waals surface area contributed by atoms with Crippen LogP contribution in [0, 0.1) is 5.82 Å². The molecule has 0 unspecified atom stereocenters. The number of aliphatic hydroxyl groups excluding tert-OH is 1. The summed E-state index contributed by atoms with van der Waals surface area (Å²) in [6, 6.07) is 8.25. The molecule has 0 bridgehead atoms. The molecule has 3 aromatic heterocycles. The van der Waals surface area contributed by atoms with E-state index in [0.717, 1.165) is 61.3 Å². The fourth-order valence-corrected chi connectivity index (χ4v) is 8.13. The molecule has 3 aliphatic rings. The van der Waals surface area contributed by atoms with Crippen molar-refractivity contribution in [2.45, 2.75) is 51.7 Å². The van der Waals surface area contributed by atoms with Gasteiger partial charge in [-0.2, -0.15) is 0 Å². The minimum atomic E-state index is -0.518. The van der Waals surface area contributed by atoms with Gasteiger partial charge in [-0.05, 0) is 85.7 Å². The van der Waals surface area contributed by atoms with Crippen molar-refractivity contribution in [2.75, 3.05) is 30.4 Å². The molecule has 7 rings (SSSR count). The normalized spacial score (nSPS) is 16.6. The molecular formula is C33H34FN5O3S. The molecule has 5 heterocycles. The molecule has 4 aromatic rings. The summed E-state index contributed by atoms with van der Waals surface area (Å²) in [7, 11) is 3.72. The zero-order chi connectivity index (χ0) is 29.8. The number of hydrogen-bond donors (Lipinski definition) is 2. The summed E-state index contributed by atoms with van der Waals surface area (Å²) in [6.07, 6.45) is 7.48. The number of anilines is 3. The minimum Gasteiger partial charge on any atom is -0.392 e. The number of fused-ring (bicyclic) bond motifs is 4. The third kappa shape index (κ3) is 4.97. The Bertz CT molecular complexity index is 1830. The lowest BCUT2D eigenvalue weighted by molar-refractivity contribution is 0.0984. The smallest absolute Gasteiger partial charge is 0.274 e. The lowest BCUT2D eigenvalue weighted by atomic mass is 9.91. The van der Waals surface area contributed by atoms with Crippen molar-refractivity contribution in [1.82, 2.24) is 14.5 Å². The molecule has 1 amide bonds. The highest BCUT2D eigenvalue weighted by Crippen LogP contribution is 2.41. The summed E-state index contributed by atoms with van der Waals surface area (Å²) in [5, 5.41) is 13.8. The van der Waals surface area contributed by atoms with Crippen molar-refractivity contribution in [3.63, 3.8) is 0 Å². The van der Waals surface area contributed by atoms with E-state index in [9.17, 15) is 14.7 Å². The Morgan fingerprint density at radius 3 is 2.70 bits per heavy atom. The van der Waals surface area contributed by atoms with Crippen molar-refractivity contribution in [1.29, 1.82) is 0 Å². The van der Waals surface area contributed by atoms with Crippen molar-refractivity contribution < 1.29 is 14.3 Å². The standard InChI is InChI=1S/C33H34FN5O3S/c1-37-11-10-26-19(16-37)7-8-30(35-26)36-27-13-20(17-38(2)32(27)41)24-14-21(34)15-28(25(24)18-40)39-12-9-23-22-5-3-4-6-29(22)43-31(23)33(39)42/h7-8,13-15,17,40H,3-6,9-12,16,18H2,1-2H3,(H,35,36). The maximum absolute atomic E-state index is 15.3. The van der Waals surface area contributed by atoms with Gasteiger partial charge in [0.15, 0.2) is 0 Å². The van der Waals surface area contributed by atoms with E-state index in [1.54, 1.807) is 35.5 Å². The first-order chi connectivity index (χ1) is 20.8. The van der Waals surface area contributed by atoms with E-state index in [-0.39, 0.29) is 17.2 Å². The fourth-order valence-electron chi connectivity index (χ4n) is 6.75. The Morgan fingerprint density at radius 2 is 1.86 bits per heavy atom. The number of carbonyl (C=O) groups is 1. The number of halogens is 1. The van der Waals surface area contributed by atoms with E-state index in [0.29, 0.717) is 41.2 Å². The molecule has 0 saturated heterocycles. The average molecular weight is 600 g/mol. The van der Waals surface area contributed by atoms with Crippen molar-refractivity contribution in [3.8, 4) is 11.1 Å². The first-order valence-electron chi connectivity index (χ1n) is 14.8. The molecule has 43 heavy (non-hydrogen) atoms. The van der Waals surface area contributed by atoms with E-state index in [4.69, 9.17) is 4.98 Å². The average Bonchev–Trinajstić information content (AvgIpc) is 3.39. The number of amides is 1. The fraction of sp³-hybridized carbons (Fsp3) is 0.364. The van der Waals surface area contributed by atoms with Crippen LogP contribution in [-0.4, -0.2) is 45.6 Å². The predicted molar refractivity (Wildman–Crippen MR) is 167 cm³/mol. The Kier molecular flexibility index (Phi) is 7.15. The number of nitrogens with one attached hydrogen (secondary N) is 1. The van der Waals surface area contributed by atoms with Crippen LogP contribution in [0.1, 0.15) is 55.3 Å². The summed E-state index contributed by atoms with van der Waals surface area (Å²) >= 11 is 1.58. The number of rotatable bonds is 5. The summed E-state index contributed by atoms with van der Waals surface area (Å²) in [5.74, 6) is -0.0939. The largest absolute Gasteiger partial charge is 0.392 e. The van der Waals surface area contributed by atoms with Gasteiger partial charge in [0.05, 0.1) is 17.2 Å². The number of aliphatic hydroxyl groups is 1. The molecule has 0 atom stereocenters. The maximum Gasteiger partial charge on any atom is 0.274 e. The van der Waals surface area contributed by atoms with E-state index < -0.39 is 12.4 Å². The van der Waals surface area contributed by atoms with Crippen LogP contribution in [0.15, 0.2) is 41.3 Å². The van der Waals surface area contributed by atoms with Crippen LogP contribution < -0.4 is 15.8 Å². The third-order valence-corrected chi connectivity index (χ3v) is 10.3. The number of nitrogens with zero attached hydrogens (tertiary/aromatic N) is 4. The summed E-state index contributed by atoms with van der Waals surface area (Å²) in [6.45, 7) is 1.78. The second-order valence-corrected chi connectivity index (χ2v) is 12.9. The molecule has 0 fully saturated rings. The number of hydrogen-bond acceptors (Lipinski definition) is 7. The molecule has 2 N–H and O–H groups in total. The highest BCUT2D eigenvalue weighted by atomic mass is 32.1. The van der Waals surface area contributed by atoms with Gasteiger partial charge in [0.25, 0.3) is 11.5 Å². The molecule has 8 nitrogen and oxygen atoms in total. The molecule has 10 heteroatoms. The molecule has 222 valence electrons. The van der Waals surface area contributed by atoms with Gasteiger partial charge in [-0.1, -0.05) is 6.07 Å². The highest BCUT2D eigenvalue weighted by Gasteiger charge is 2.33. The van der Waals surface area contributed by atoms with Gasteiger partial charge in [0.2, 0.25) is 0 Å². The second-order valence-electron chi connectivity index (χ2n) is 11.8. The first kappa shape index (κ1) is 27.9. The predicted octanol–water partition coefficient (Wildman–Crippen LogP) is 4.95. The summed E-state index contributed by atoms with van der Waals surface area (Å²) in [5.41, 5.74) is 6.49. The summed E-state index contributed by atoms with van der Waals surface area (Å²) < 4.78 is 16.7. The van der Waals surface area contributed by atoms with E-state index in [2.05, 4.69) is 17.3 Å². The molecule has 0 saturated carbocycles. The van der Waals surface area contributed by atoms with Crippen molar-refractivity contribution >= 4 is 34.4 Å². The van der Waals surface area contributed by atoms with Crippen LogP contribution in [-0.2, 0) is 45.9 Å². The lowest BCUT2D eigenvalue weighted by Gasteiger charge is -2.30. The van der Waals surface area contributed by atoms with Gasteiger partial charge in [0, 0.05) is 61.0 Å². The van der Waals surface area contributed by atoms with E-state index in [1.807, 2.05) is 12.1 Å². The highest BCUT2D eigenvalue weighted by molar-refractivity contribution is 7.14. The van der Waals surface area contributed by atoms with Gasteiger partial charge in [-0.3, -0.25) is 9.59 Å². The van der Waals surface area contributed by atoms with Gasteiger partial charge < -0.3 is 24.8 Å². The van der Waals surface area contributed by atoms with Gasteiger partial charge in [-0.15, -0.1) is 11.3 Å². The molecule has 0 spiro atoms. The number of carbonyl (C=O) groups excluding carboxylic acids is 1. The molecule has 1 aromatic carbocycles. The maximum atomic E-state index is 15.3. The van der Waals surface area contributed by atoms with Gasteiger partial charge >= 0.3 is 0 Å². The van der Waals surface area contributed by atoms with Crippen molar-refractivity contribution in [3.05, 3.63) is 90.4 Å². The molecule has 2 aliphatic heterocycles. The van der Waals surface area contributed by atoms with Crippen LogP contribution in [0.3, 0.4) is 0 Å². The third-order valence-electron chi connectivity index (χ3n) is 8.94. The quantitative estimate of drug-likeness (QED) is 0.337. The number of aromatic nitrogens is 2. The Labute approximate surface area is 253 Å². The van der Waals surface area contributed by atoms with E-state index in [1.165, 1.54) is 32.7 Å². The second kappa shape index (κ2) is 11.0. The number of likely N-dealkylation sites (N-methyl/N-ethyl adjacent to an activating group) is 1. The first-order valence-corrected chi connectivity index (χ1v) is 15.7.